The summed E-state index contributed by atoms with van der Waals surface area (Å²) in [6.07, 6.45) is -1.33. The second-order valence-corrected chi connectivity index (χ2v) is 5.56. The molecule has 0 unspecified atom stereocenters. The first kappa shape index (κ1) is 14.8. The van der Waals surface area contributed by atoms with Gasteiger partial charge in [-0.15, -0.1) is 0 Å². The first-order valence-electron chi connectivity index (χ1n) is 7.13. The quantitative estimate of drug-likeness (QED) is 0.843. The first-order chi connectivity index (χ1) is 10.4. The molecule has 1 aromatic heterocycles. The summed E-state index contributed by atoms with van der Waals surface area (Å²) in [5, 5.41) is 13.3. The fraction of sp³-hybridized carbons (Fsp3) is 0.375. The van der Waals surface area contributed by atoms with Crippen molar-refractivity contribution < 1.29 is 22.7 Å². The van der Waals surface area contributed by atoms with E-state index in [0.29, 0.717) is 5.88 Å². The smallest absolute Gasteiger partial charge is 0.416 e. The molecule has 6 heteroatoms. The number of nitrogens with one attached hydrogen (secondary N) is 1. The monoisotopic (exact) mass is 311 g/mol. The van der Waals surface area contributed by atoms with Crippen molar-refractivity contribution >= 4 is 5.88 Å². The Kier molecular flexibility index (Phi) is 3.54. The zero-order chi connectivity index (χ0) is 15.9. The average molecular weight is 311 g/mol. The van der Waals surface area contributed by atoms with Crippen LogP contribution in [-0.2, 0) is 6.18 Å². The van der Waals surface area contributed by atoms with E-state index in [2.05, 4.69) is 5.32 Å². The number of hydrogen-bond acceptors (Lipinski definition) is 3. The number of benzene rings is 1. The topological polar surface area (TPSA) is 45.4 Å². The standard InChI is InChI=1S/C16H16F3NO2/c1-9-14(21)13(15(22-9)20-12-6-3-7-12)10-4-2-5-11(8-10)16(17,18)19/h2,4-5,8,12,20-21H,3,6-7H2,1H3. The van der Waals surface area contributed by atoms with Gasteiger partial charge in [0.05, 0.1) is 11.1 Å². The van der Waals surface area contributed by atoms with Crippen LogP contribution >= 0.6 is 0 Å². The van der Waals surface area contributed by atoms with Gasteiger partial charge in [0.2, 0.25) is 5.88 Å². The lowest BCUT2D eigenvalue weighted by molar-refractivity contribution is -0.137. The van der Waals surface area contributed by atoms with Gasteiger partial charge < -0.3 is 14.8 Å². The lowest BCUT2D eigenvalue weighted by atomic mass is 9.93. The minimum Gasteiger partial charge on any atom is -0.504 e. The SMILES string of the molecule is Cc1oc(NC2CCC2)c(-c2cccc(C(F)(F)F)c2)c1O. The molecule has 0 amide bonds. The molecule has 22 heavy (non-hydrogen) atoms. The molecular weight excluding hydrogens is 295 g/mol. The average Bonchev–Trinajstić information content (AvgIpc) is 2.69. The van der Waals surface area contributed by atoms with Gasteiger partial charge in [-0.2, -0.15) is 13.2 Å². The zero-order valence-electron chi connectivity index (χ0n) is 12.0. The molecule has 0 radical (unpaired) electrons. The molecule has 1 fully saturated rings. The van der Waals surface area contributed by atoms with Crippen LogP contribution in [0.1, 0.15) is 30.6 Å². The normalized spacial score (nSPS) is 15.6. The Morgan fingerprint density at radius 3 is 2.59 bits per heavy atom. The van der Waals surface area contributed by atoms with Gasteiger partial charge in [-0.05, 0) is 43.9 Å². The van der Waals surface area contributed by atoms with E-state index in [1.54, 1.807) is 6.92 Å². The maximum absolute atomic E-state index is 12.9. The highest BCUT2D eigenvalue weighted by atomic mass is 19.4. The van der Waals surface area contributed by atoms with Crippen LogP contribution in [-0.4, -0.2) is 11.1 Å². The summed E-state index contributed by atoms with van der Waals surface area (Å²) in [5.41, 5.74) is -0.181. The van der Waals surface area contributed by atoms with Gasteiger partial charge in [0.15, 0.2) is 5.75 Å². The van der Waals surface area contributed by atoms with E-state index >= 15 is 0 Å². The van der Waals surface area contributed by atoms with Crippen molar-refractivity contribution in [2.75, 3.05) is 5.32 Å². The van der Waals surface area contributed by atoms with Crippen LogP contribution in [0.15, 0.2) is 28.7 Å². The summed E-state index contributed by atoms with van der Waals surface area (Å²) in [7, 11) is 0. The number of anilines is 1. The molecule has 1 saturated carbocycles. The van der Waals surface area contributed by atoms with Gasteiger partial charge in [0.1, 0.15) is 5.76 Å². The molecule has 0 aliphatic heterocycles. The van der Waals surface area contributed by atoms with Crippen LogP contribution in [0, 0.1) is 6.92 Å². The molecule has 3 rings (SSSR count). The fourth-order valence-electron chi connectivity index (χ4n) is 2.49. The highest BCUT2D eigenvalue weighted by Crippen LogP contribution is 2.43. The number of furan rings is 1. The van der Waals surface area contributed by atoms with Crippen LogP contribution in [0.2, 0.25) is 0 Å². The second-order valence-electron chi connectivity index (χ2n) is 5.56. The number of aromatic hydroxyl groups is 1. The van der Waals surface area contributed by atoms with Gasteiger partial charge in [-0.1, -0.05) is 12.1 Å². The van der Waals surface area contributed by atoms with E-state index in [1.807, 2.05) is 0 Å². The molecule has 1 aliphatic carbocycles. The van der Waals surface area contributed by atoms with E-state index in [9.17, 15) is 18.3 Å². The van der Waals surface area contributed by atoms with E-state index in [-0.39, 0.29) is 28.7 Å². The molecule has 1 heterocycles. The maximum atomic E-state index is 12.9. The van der Waals surface area contributed by atoms with Crippen molar-refractivity contribution in [2.24, 2.45) is 0 Å². The Bertz CT molecular complexity index is 687. The number of alkyl halides is 3. The zero-order valence-corrected chi connectivity index (χ0v) is 12.0. The first-order valence-corrected chi connectivity index (χ1v) is 7.13. The van der Waals surface area contributed by atoms with Crippen molar-refractivity contribution in [3.63, 3.8) is 0 Å². The van der Waals surface area contributed by atoms with E-state index in [0.717, 1.165) is 31.4 Å². The van der Waals surface area contributed by atoms with E-state index < -0.39 is 11.7 Å². The predicted octanol–water partition coefficient (Wildman–Crippen LogP) is 4.94. The molecule has 0 spiro atoms. The van der Waals surface area contributed by atoms with Crippen LogP contribution in [0.5, 0.6) is 5.75 Å². The third kappa shape index (κ3) is 2.65. The number of halogens is 3. The molecule has 3 nitrogen and oxygen atoms in total. The molecule has 2 N–H and O–H groups in total. The Hall–Kier alpha value is -2.11. The van der Waals surface area contributed by atoms with Gasteiger partial charge in [-0.3, -0.25) is 0 Å². The predicted molar refractivity (Wildman–Crippen MR) is 76.8 cm³/mol. The van der Waals surface area contributed by atoms with Crippen LogP contribution in [0.4, 0.5) is 19.1 Å². The number of hydrogen-bond donors (Lipinski definition) is 2. The van der Waals surface area contributed by atoms with Crippen molar-refractivity contribution in [3.05, 3.63) is 35.6 Å². The van der Waals surface area contributed by atoms with Gasteiger partial charge in [0.25, 0.3) is 0 Å². The largest absolute Gasteiger partial charge is 0.504 e. The molecule has 0 atom stereocenters. The molecule has 0 bridgehead atoms. The lowest BCUT2D eigenvalue weighted by Gasteiger charge is -2.26. The molecule has 118 valence electrons. The summed E-state index contributed by atoms with van der Waals surface area (Å²) in [4.78, 5) is 0. The maximum Gasteiger partial charge on any atom is 0.416 e. The fourth-order valence-corrected chi connectivity index (χ4v) is 2.49. The summed E-state index contributed by atoms with van der Waals surface area (Å²) < 4.78 is 44.1. The highest BCUT2D eigenvalue weighted by molar-refractivity contribution is 5.81. The summed E-state index contributed by atoms with van der Waals surface area (Å²) >= 11 is 0. The van der Waals surface area contributed by atoms with Crippen molar-refractivity contribution in [1.82, 2.24) is 0 Å². The van der Waals surface area contributed by atoms with E-state index in [1.165, 1.54) is 12.1 Å². The van der Waals surface area contributed by atoms with Crippen molar-refractivity contribution in [2.45, 2.75) is 38.4 Å². The van der Waals surface area contributed by atoms with Crippen LogP contribution in [0.3, 0.4) is 0 Å². The minimum absolute atomic E-state index is 0.124. The second kappa shape index (κ2) is 5.26. The minimum atomic E-state index is -4.42. The number of rotatable bonds is 3. The summed E-state index contributed by atoms with van der Waals surface area (Å²) in [5.74, 6) is 0.495. The van der Waals surface area contributed by atoms with Crippen LogP contribution in [0.25, 0.3) is 11.1 Å². The van der Waals surface area contributed by atoms with E-state index in [4.69, 9.17) is 4.42 Å². The highest BCUT2D eigenvalue weighted by Gasteiger charge is 2.31. The molecule has 0 saturated heterocycles. The Morgan fingerprint density at radius 2 is 2.00 bits per heavy atom. The summed E-state index contributed by atoms with van der Waals surface area (Å²) in [6.45, 7) is 1.58. The number of aryl methyl sites for hydroxylation is 1. The summed E-state index contributed by atoms with van der Waals surface area (Å²) in [6, 6.07) is 5.13. The van der Waals surface area contributed by atoms with Crippen molar-refractivity contribution in [3.8, 4) is 16.9 Å². The third-order valence-electron chi connectivity index (χ3n) is 3.97. The Morgan fingerprint density at radius 1 is 1.27 bits per heavy atom. The molecule has 1 aromatic carbocycles. The lowest BCUT2D eigenvalue weighted by Crippen LogP contribution is -2.26. The van der Waals surface area contributed by atoms with Crippen LogP contribution < -0.4 is 5.32 Å². The van der Waals surface area contributed by atoms with Gasteiger partial charge in [-0.25, -0.2) is 0 Å². The van der Waals surface area contributed by atoms with Gasteiger partial charge >= 0.3 is 6.18 Å². The van der Waals surface area contributed by atoms with Crippen molar-refractivity contribution in [1.29, 1.82) is 0 Å². The Balaban J connectivity index is 2.03. The molecular formula is C16H16F3NO2. The third-order valence-corrected chi connectivity index (χ3v) is 3.97. The Labute approximate surface area is 125 Å². The van der Waals surface area contributed by atoms with Gasteiger partial charge in [0, 0.05) is 6.04 Å². The molecule has 2 aromatic rings. The molecule has 1 aliphatic rings.